The van der Waals surface area contributed by atoms with Crippen molar-refractivity contribution in [3.05, 3.63) is 11.9 Å². The van der Waals surface area contributed by atoms with Crippen LogP contribution in [0.3, 0.4) is 0 Å². The highest BCUT2D eigenvalue weighted by atomic mass is 16.5. The first-order chi connectivity index (χ1) is 8.27. The number of aliphatic hydroxyl groups excluding tert-OH is 1. The van der Waals surface area contributed by atoms with Crippen LogP contribution in [-0.2, 0) is 6.54 Å². The van der Waals surface area contributed by atoms with Crippen LogP contribution in [0.25, 0.3) is 0 Å². The van der Waals surface area contributed by atoms with Gasteiger partial charge in [-0.05, 0) is 27.9 Å². The Morgan fingerprint density at radius 3 is 2.56 bits per heavy atom. The molecule has 0 aliphatic carbocycles. The summed E-state index contributed by atoms with van der Waals surface area (Å²) in [6, 6.07) is 0. The van der Waals surface area contributed by atoms with Gasteiger partial charge < -0.3 is 19.8 Å². The molecule has 2 N–H and O–H groups in total. The van der Waals surface area contributed by atoms with E-state index in [0.29, 0.717) is 18.0 Å². The van der Waals surface area contributed by atoms with Gasteiger partial charge in [-0.15, -0.1) is 0 Å². The maximum Gasteiger partial charge on any atom is 0.162 e. The van der Waals surface area contributed by atoms with Crippen LogP contribution in [0.1, 0.15) is 25.6 Å². The molecule has 0 radical (unpaired) electrons. The van der Waals surface area contributed by atoms with Gasteiger partial charge in [0.15, 0.2) is 5.75 Å². The van der Waals surface area contributed by atoms with Crippen LogP contribution in [0.2, 0.25) is 0 Å². The van der Waals surface area contributed by atoms with Crippen molar-refractivity contribution in [2.24, 2.45) is 0 Å². The van der Waals surface area contributed by atoms with Crippen LogP contribution < -0.4 is 4.74 Å². The number of methoxy groups -OCH3 is 1. The summed E-state index contributed by atoms with van der Waals surface area (Å²) < 4.78 is 6.85. The molecule has 0 aromatic carbocycles. The topological polar surface area (TPSA) is 70.8 Å². The fraction of sp³-hybridized carbons (Fsp3) is 0.750. The Labute approximate surface area is 108 Å². The smallest absolute Gasteiger partial charge is 0.162 e. The molecule has 104 valence electrons. The lowest BCUT2D eigenvalue weighted by Crippen LogP contribution is -2.31. The van der Waals surface area contributed by atoms with E-state index < -0.39 is 11.7 Å². The van der Waals surface area contributed by atoms with Gasteiger partial charge in [-0.25, -0.2) is 0 Å². The number of likely N-dealkylation sites (N-methyl/N-ethyl adjacent to an activating group) is 1. The van der Waals surface area contributed by atoms with Crippen molar-refractivity contribution in [1.29, 1.82) is 0 Å². The van der Waals surface area contributed by atoms with E-state index in [1.807, 2.05) is 19.0 Å². The van der Waals surface area contributed by atoms with Gasteiger partial charge in [-0.1, -0.05) is 0 Å². The third kappa shape index (κ3) is 3.44. The lowest BCUT2D eigenvalue weighted by molar-refractivity contribution is -0.0548. The summed E-state index contributed by atoms with van der Waals surface area (Å²) in [6.07, 6.45) is 0.511. The van der Waals surface area contributed by atoms with E-state index in [4.69, 9.17) is 4.74 Å². The third-order valence-electron chi connectivity index (χ3n) is 2.75. The number of aliphatic hydroxyl groups is 2. The molecule has 0 spiro atoms. The van der Waals surface area contributed by atoms with Crippen LogP contribution >= 0.6 is 0 Å². The minimum Gasteiger partial charge on any atom is -0.493 e. The summed E-state index contributed by atoms with van der Waals surface area (Å²) in [7, 11) is 5.45. The highest BCUT2D eigenvalue weighted by Gasteiger charge is 2.32. The highest BCUT2D eigenvalue weighted by Crippen LogP contribution is 2.31. The van der Waals surface area contributed by atoms with Crippen molar-refractivity contribution in [2.45, 2.75) is 32.1 Å². The summed E-state index contributed by atoms with van der Waals surface area (Å²) in [6.45, 7) is 4.52. The second kappa shape index (κ2) is 5.69. The lowest BCUT2D eigenvalue weighted by atomic mass is 9.98. The molecular weight excluding hydrogens is 234 g/mol. The average Bonchev–Trinajstić information content (AvgIpc) is 2.66. The summed E-state index contributed by atoms with van der Waals surface area (Å²) in [5, 5.41) is 24.3. The van der Waals surface area contributed by atoms with E-state index in [0.717, 1.165) is 6.54 Å². The number of nitrogens with zero attached hydrogens (tertiary/aromatic N) is 3. The standard InChI is InChI=1S/C12H23N3O3/c1-12(2,17)11(16)10-9(18-5)8-13-15(10)7-6-14(3)4/h8,11,16-17H,6-7H2,1-5H3. The normalized spacial score (nSPS) is 14.0. The number of aromatic nitrogens is 2. The molecule has 1 atom stereocenters. The number of hydrogen-bond acceptors (Lipinski definition) is 5. The van der Waals surface area contributed by atoms with Gasteiger partial charge >= 0.3 is 0 Å². The number of ether oxygens (including phenoxy) is 1. The van der Waals surface area contributed by atoms with Gasteiger partial charge in [0.25, 0.3) is 0 Å². The maximum atomic E-state index is 10.2. The zero-order valence-corrected chi connectivity index (χ0v) is 11.7. The molecule has 1 aromatic heterocycles. The van der Waals surface area contributed by atoms with E-state index >= 15 is 0 Å². The van der Waals surface area contributed by atoms with E-state index in [2.05, 4.69) is 5.10 Å². The van der Waals surface area contributed by atoms with Crippen LogP contribution in [0.5, 0.6) is 5.75 Å². The fourth-order valence-corrected chi connectivity index (χ4v) is 1.62. The summed E-state index contributed by atoms with van der Waals surface area (Å²) in [4.78, 5) is 2.02. The molecule has 1 aromatic rings. The number of rotatable bonds is 6. The molecule has 0 aliphatic rings. The van der Waals surface area contributed by atoms with Gasteiger partial charge in [0.05, 0.1) is 25.5 Å². The third-order valence-corrected chi connectivity index (χ3v) is 2.75. The molecule has 0 bridgehead atoms. The molecule has 0 aliphatic heterocycles. The monoisotopic (exact) mass is 257 g/mol. The average molecular weight is 257 g/mol. The van der Waals surface area contributed by atoms with Crippen LogP contribution in [0, 0.1) is 0 Å². The molecule has 1 rings (SSSR count). The highest BCUT2D eigenvalue weighted by molar-refractivity contribution is 5.28. The quantitative estimate of drug-likeness (QED) is 0.765. The molecule has 6 heteroatoms. The Hall–Kier alpha value is -1.11. The van der Waals surface area contributed by atoms with E-state index in [1.165, 1.54) is 7.11 Å². The van der Waals surface area contributed by atoms with E-state index in [1.54, 1.807) is 24.7 Å². The summed E-state index contributed by atoms with van der Waals surface area (Å²) >= 11 is 0. The van der Waals surface area contributed by atoms with Gasteiger partial charge in [-0.2, -0.15) is 5.10 Å². The molecule has 1 heterocycles. The Morgan fingerprint density at radius 1 is 1.50 bits per heavy atom. The first-order valence-corrected chi connectivity index (χ1v) is 5.92. The lowest BCUT2D eigenvalue weighted by Gasteiger charge is -2.26. The van der Waals surface area contributed by atoms with Gasteiger partial charge in [-0.3, -0.25) is 4.68 Å². The van der Waals surface area contributed by atoms with Crippen LogP contribution in [0.15, 0.2) is 6.20 Å². The largest absolute Gasteiger partial charge is 0.493 e. The SMILES string of the molecule is COc1cnn(CCN(C)C)c1C(O)C(C)(C)O. The van der Waals surface area contributed by atoms with Crippen molar-refractivity contribution < 1.29 is 14.9 Å². The van der Waals surface area contributed by atoms with Crippen molar-refractivity contribution in [3.63, 3.8) is 0 Å². The first kappa shape index (κ1) is 14.9. The predicted octanol–water partition coefficient (Wildman–Crippen LogP) is 0.258. The first-order valence-electron chi connectivity index (χ1n) is 5.92. The molecule has 1 unspecified atom stereocenters. The minimum absolute atomic E-state index is 0.489. The Kier molecular flexibility index (Phi) is 4.72. The van der Waals surface area contributed by atoms with E-state index in [-0.39, 0.29) is 0 Å². The zero-order valence-electron chi connectivity index (χ0n) is 11.7. The Morgan fingerprint density at radius 2 is 2.11 bits per heavy atom. The van der Waals surface area contributed by atoms with Crippen molar-refractivity contribution in [1.82, 2.24) is 14.7 Å². The molecule has 0 saturated heterocycles. The molecule has 6 nitrogen and oxygen atoms in total. The summed E-state index contributed by atoms with van der Waals surface area (Å²) in [5.41, 5.74) is -0.741. The predicted molar refractivity (Wildman–Crippen MR) is 68.6 cm³/mol. The van der Waals surface area contributed by atoms with Crippen LogP contribution in [0.4, 0.5) is 0 Å². The maximum absolute atomic E-state index is 10.2. The van der Waals surface area contributed by atoms with Gasteiger partial charge in [0.1, 0.15) is 11.8 Å². The van der Waals surface area contributed by atoms with Crippen molar-refractivity contribution >= 4 is 0 Å². The van der Waals surface area contributed by atoms with E-state index in [9.17, 15) is 10.2 Å². The molecular formula is C12H23N3O3. The van der Waals surface area contributed by atoms with Crippen molar-refractivity contribution in [2.75, 3.05) is 27.7 Å². The fourth-order valence-electron chi connectivity index (χ4n) is 1.62. The second-order valence-corrected chi connectivity index (χ2v) is 5.18. The molecule has 0 saturated carbocycles. The van der Waals surface area contributed by atoms with Gasteiger partial charge in [0.2, 0.25) is 0 Å². The molecule has 0 amide bonds. The zero-order chi connectivity index (χ0) is 13.9. The minimum atomic E-state index is -1.25. The Balaban J connectivity index is 3.02. The summed E-state index contributed by atoms with van der Waals surface area (Å²) in [5.74, 6) is 0.489. The molecule has 0 fully saturated rings. The van der Waals surface area contributed by atoms with Gasteiger partial charge in [0, 0.05) is 6.54 Å². The number of hydrogen-bond donors (Lipinski definition) is 2. The Bertz CT molecular complexity index is 382. The second-order valence-electron chi connectivity index (χ2n) is 5.18. The van der Waals surface area contributed by atoms with Crippen molar-refractivity contribution in [3.8, 4) is 5.75 Å². The molecule has 18 heavy (non-hydrogen) atoms. The van der Waals surface area contributed by atoms with Crippen LogP contribution in [-0.4, -0.2) is 58.2 Å².